The Labute approximate surface area is 132 Å². The van der Waals surface area contributed by atoms with E-state index in [0.29, 0.717) is 24.7 Å². The SMILES string of the molecule is COCCC(=O)NC1(c2nc(C(C)(C)C)no2)CCCCC1. The van der Waals surface area contributed by atoms with Gasteiger partial charge in [0.2, 0.25) is 5.91 Å². The molecule has 0 aromatic carbocycles. The summed E-state index contributed by atoms with van der Waals surface area (Å²) in [5.41, 5.74) is -0.683. The second kappa shape index (κ2) is 6.77. The molecule has 1 aliphatic rings. The lowest BCUT2D eigenvalue weighted by Gasteiger charge is -2.34. The Kier molecular flexibility index (Phi) is 5.21. The number of methoxy groups -OCH3 is 1. The van der Waals surface area contributed by atoms with Gasteiger partial charge in [0.15, 0.2) is 5.82 Å². The molecule has 0 saturated heterocycles. The van der Waals surface area contributed by atoms with E-state index in [1.165, 1.54) is 6.42 Å². The molecule has 1 N–H and O–H groups in total. The first-order valence-electron chi connectivity index (χ1n) is 8.02. The number of ether oxygens (including phenoxy) is 1. The molecule has 0 spiro atoms. The Morgan fingerprint density at radius 3 is 2.55 bits per heavy atom. The Morgan fingerprint density at radius 2 is 2.00 bits per heavy atom. The van der Waals surface area contributed by atoms with Gasteiger partial charge in [-0.3, -0.25) is 4.79 Å². The topological polar surface area (TPSA) is 77.2 Å². The van der Waals surface area contributed by atoms with E-state index in [1.807, 2.05) is 20.8 Å². The van der Waals surface area contributed by atoms with Crippen LogP contribution in [0.3, 0.4) is 0 Å². The van der Waals surface area contributed by atoms with Crippen molar-refractivity contribution in [1.82, 2.24) is 15.5 Å². The van der Waals surface area contributed by atoms with E-state index < -0.39 is 5.54 Å². The molecule has 0 unspecified atom stereocenters. The number of rotatable bonds is 5. The third-order valence-electron chi connectivity index (χ3n) is 4.13. The van der Waals surface area contributed by atoms with Gasteiger partial charge in [0.25, 0.3) is 5.89 Å². The zero-order valence-electron chi connectivity index (χ0n) is 14.1. The summed E-state index contributed by atoms with van der Waals surface area (Å²) in [6.45, 7) is 6.56. The molecule has 124 valence electrons. The first-order chi connectivity index (χ1) is 10.4. The van der Waals surface area contributed by atoms with Crippen molar-refractivity contribution < 1.29 is 14.1 Å². The zero-order valence-corrected chi connectivity index (χ0v) is 14.1. The van der Waals surface area contributed by atoms with Crippen LogP contribution in [-0.2, 0) is 20.5 Å². The van der Waals surface area contributed by atoms with Crippen molar-refractivity contribution in [2.75, 3.05) is 13.7 Å². The highest BCUT2D eigenvalue weighted by molar-refractivity contribution is 5.77. The first kappa shape index (κ1) is 16.9. The Balaban J connectivity index is 2.21. The van der Waals surface area contributed by atoms with Gasteiger partial charge >= 0.3 is 0 Å². The third kappa shape index (κ3) is 3.85. The molecule has 0 aliphatic heterocycles. The molecular formula is C16H27N3O3. The maximum atomic E-state index is 12.2. The fourth-order valence-electron chi connectivity index (χ4n) is 2.79. The summed E-state index contributed by atoms with van der Waals surface area (Å²) in [7, 11) is 1.59. The summed E-state index contributed by atoms with van der Waals surface area (Å²) in [5, 5.41) is 7.25. The minimum absolute atomic E-state index is 0.0285. The summed E-state index contributed by atoms with van der Waals surface area (Å²) in [6.07, 6.45) is 5.32. The molecule has 22 heavy (non-hydrogen) atoms. The van der Waals surface area contributed by atoms with Crippen LogP contribution in [-0.4, -0.2) is 29.8 Å². The minimum atomic E-state index is -0.514. The molecule has 1 aromatic rings. The van der Waals surface area contributed by atoms with Crippen molar-refractivity contribution in [2.24, 2.45) is 0 Å². The summed E-state index contributed by atoms with van der Waals surface area (Å²) in [4.78, 5) is 16.8. The number of aromatic nitrogens is 2. The van der Waals surface area contributed by atoms with Crippen LogP contribution in [0.1, 0.15) is 71.0 Å². The summed E-state index contributed by atoms with van der Waals surface area (Å²) < 4.78 is 10.5. The average Bonchev–Trinajstić information content (AvgIpc) is 2.96. The van der Waals surface area contributed by atoms with Crippen molar-refractivity contribution in [2.45, 2.75) is 70.3 Å². The van der Waals surface area contributed by atoms with Gasteiger partial charge in [-0.05, 0) is 12.8 Å². The van der Waals surface area contributed by atoms with Crippen molar-refractivity contribution in [1.29, 1.82) is 0 Å². The number of nitrogens with one attached hydrogen (secondary N) is 1. The fourth-order valence-corrected chi connectivity index (χ4v) is 2.79. The molecule has 1 heterocycles. The van der Waals surface area contributed by atoms with E-state index >= 15 is 0 Å². The first-order valence-corrected chi connectivity index (χ1v) is 8.02. The molecule has 0 atom stereocenters. The van der Waals surface area contributed by atoms with Gasteiger partial charge in [-0.25, -0.2) is 0 Å². The number of amides is 1. The highest BCUT2D eigenvalue weighted by atomic mass is 16.5. The monoisotopic (exact) mass is 309 g/mol. The Hall–Kier alpha value is -1.43. The van der Waals surface area contributed by atoms with Crippen LogP contribution in [0.25, 0.3) is 0 Å². The molecule has 6 heteroatoms. The standard InChI is InChI=1S/C16H27N3O3/c1-15(2,3)13-17-14(22-19-13)16(9-6-5-7-10-16)18-12(20)8-11-21-4/h5-11H2,1-4H3,(H,18,20). The summed E-state index contributed by atoms with van der Waals surface area (Å²) in [6, 6.07) is 0. The summed E-state index contributed by atoms with van der Waals surface area (Å²) >= 11 is 0. The lowest BCUT2D eigenvalue weighted by Crippen LogP contribution is -2.47. The minimum Gasteiger partial charge on any atom is -0.384 e. The maximum absolute atomic E-state index is 12.2. The Morgan fingerprint density at radius 1 is 1.32 bits per heavy atom. The zero-order chi connectivity index (χ0) is 16.2. The third-order valence-corrected chi connectivity index (χ3v) is 4.13. The molecule has 2 rings (SSSR count). The van der Waals surface area contributed by atoms with Gasteiger partial charge in [0, 0.05) is 18.9 Å². The van der Waals surface area contributed by atoms with Gasteiger partial charge in [-0.15, -0.1) is 0 Å². The maximum Gasteiger partial charge on any atom is 0.252 e. The van der Waals surface area contributed by atoms with Crippen LogP contribution in [0.5, 0.6) is 0 Å². The van der Waals surface area contributed by atoms with E-state index in [2.05, 4.69) is 15.5 Å². The summed E-state index contributed by atoms with van der Waals surface area (Å²) in [5.74, 6) is 1.20. The van der Waals surface area contributed by atoms with E-state index in [0.717, 1.165) is 25.7 Å². The molecule has 1 fully saturated rings. The van der Waals surface area contributed by atoms with Crippen molar-refractivity contribution >= 4 is 5.91 Å². The molecule has 1 aromatic heterocycles. The molecule has 1 saturated carbocycles. The second-order valence-electron chi connectivity index (χ2n) is 7.11. The smallest absolute Gasteiger partial charge is 0.252 e. The predicted octanol–water partition coefficient (Wildman–Crippen LogP) is 2.68. The van der Waals surface area contributed by atoms with Crippen LogP contribution < -0.4 is 5.32 Å². The van der Waals surface area contributed by atoms with Crippen LogP contribution in [0.4, 0.5) is 0 Å². The predicted molar refractivity (Wildman–Crippen MR) is 82.4 cm³/mol. The highest BCUT2D eigenvalue weighted by Gasteiger charge is 2.41. The quantitative estimate of drug-likeness (QED) is 0.905. The van der Waals surface area contributed by atoms with Crippen LogP contribution in [0, 0.1) is 0 Å². The van der Waals surface area contributed by atoms with Gasteiger partial charge in [0.1, 0.15) is 5.54 Å². The fraction of sp³-hybridized carbons (Fsp3) is 0.812. The normalized spacial score (nSPS) is 18.2. The van der Waals surface area contributed by atoms with Crippen LogP contribution >= 0.6 is 0 Å². The van der Waals surface area contributed by atoms with Gasteiger partial charge in [-0.1, -0.05) is 45.2 Å². The lowest BCUT2D eigenvalue weighted by atomic mass is 9.81. The van der Waals surface area contributed by atoms with Crippen LogP contribution in [0.15, 0.2) is 4.52 Å². The molecule has 0 radical (unpaired) electrons. The Bertz CT molecular complexity index is 499. The average molecular weight is 309 g/mol. The number of hydrogen-bond acceptors (Lipinski definition) is 5. The van der Waals surface area contributed by atoms with Gasteiger partial charge in [0.05, 0.1) is 6.61 Å². The number of hydrogen-bond donors (Lipinski definition) is 1. The number of carbonyl (C=O) groups excluding carboxylic acids is 1. The number of carbonyl (C=O) groups is 1. The second-order valence-corrected chi connectivity index (χ2v) is 7.11. The van der Waals surface area contributed by atoms with E-state index in [9.17, 15) is 4.79 Å². The van der Waals surface area contributed by atoms with E-state index in [4.69, 9.17) is 9.26 Å². The van der Waals surface area contributed by atoms with E-state index in [1.54, 1.807) is 7.11 Å². The van der Waals surface area contributed by atoms with Crippen molar-refractivity contribution in [3.8, 4) is 0 Å². The van der Waals surface area contributed by atoms with E-state index in [-0.39, 0.29) is 11.3 Å². The molecule has 1 aliphatic carbocycles. The lowest BCUT2D eigenvalue weighted by molar-refractivity contribution is -0.125. The molecule has 6 nitrogen and oxygen atoms in total. The van der Waals surface area contributed by atoms with Gasteiger partial charge in [-0.2, -0.15) is 4.98 Å². The largest absolute Gasteiger partial charge is 0.384 e. The molecule has 1 amide bonds. The highest BCUT2D eigenvalue weighted by Crippen LogP contribution is 2.37. The molecular weight excluding hydrogens is 282 g/mol. The van der Waals surface area contributed by atoms with Crippen LogP contribution in [0.2, 0.25) is 0 Å². The van der Waals surface area contributed by atoms with Gasteiger partial charge < -0.3 is 14.6 Å². The van der Waals surface area contributed by atoms with Crippen molar-refractivity contribution in [3.05, 3.63) is 11.7 Å². The number of nitrogens with zero attached hydrogens (tertiary/aromatic N) is 2. The molecule has 0 bridgehead atoms. The van der Waals surface area contributed by atoms with Crippen molar-refractivity contribution in [3.63, 3.8) is 0 Å².